The van der Waals surface area contributed by atoms with Crippen LogP contribution in [0, 0.1) is 5.82 Å². The highest BCUT2D eigenvalue weighted by atomic mass is 19.1. The van der Waals surface area contributed by atoms with Crippen molar-refractivity contribution in [2.24, 2.45) is 0 Å². The Labute approximate surface area is 162 Å². The number of benzene rings is 1. The maximum atomic E-state index is 12.9. The standard InChI is InChI=1S/C19H22FN5O3/c1-2-3-10-28-16-6-4-15(5-7-16)23-19(27)24-8-9-25(17(26)13-24)18-21-11-14(20)12-22-18/h4-7,11-12H,2-3,8-10,13H2,1H3,(H,23,27). The fourth-order valence-electron chi connectivity index (χ4n) is 2.67. The van der Waals surface area contributed by atoms with Crippen LogP contribution in [-0.4, -0.2) is 53.0 Å². The van der Waals surface area contributed by atoms with Crippen molar-refractivity contribution in [3.63, 3.8) is 0 Å². The Hall–Kier alpha value is -3.23. The van der Waals surface area contributed by atoms with E-state index in [1.54, 1.807) is 24.3 Å². The van der Waals surface area contributed by atoms with E-state index in [0.717, 1.165) is 31.0 Å². The number of carbonyl (C=O) groups is 2. The molecule has 1 fully saturated rings. The van der Waals surface area contributed by atoms with Crippen LogP contribution in [0.25, 0.3) is 0 Å². The molecule has 0 saturated carbocycles. The number of amides is 3. The van der Waals surface area contributed by atoms with Gasteiger partial charge < -0.3 is 15.0 Å². The molecule has 0 spiro atoms. The third-order valence-corrected chi connectivity index (χ3v) is 4.23. The van der Waals surface area contributed by atoms with Gasteiger partial charge in [-0.05, 0) is 30.7 Å². The van der Waals surface area contributed by atoms with Crippen LogP contribution in [0.3, 0.4) is 0 Å². The zero-order valence-corrected chi connectivity index (χ0v) is 15.6. The first-order chi connectivity index (χ1) is 13.6. The molecule has 0 bridgehead atoms. The highest BCUT2D eigenvalue weighted by molar-refractivity contribution is 5.98. The van der Waals surface area contributed by atoms with Gasteiger partial charge in [-0.25, -0.2) is 19.2 Å². The van der Waals surface area contributed by atoms with Crippen molar-refractivity contribution in [1.82, 2.24) is 14.9 Å². The summed E-state index contributed by atoms with van der Waals surface area (Å²) in [5.41, 5.74) is 0.615. The average molecular weight is 387 g/mol. The predicted octanol–water partition coefficient (Wildman–Crippen LogP) is 2.68. The average Bonchev–Trinajstić information content (AvgIpc) is 2.70. The first kappa shape index (κ1) is 19.5. The van der Waals surface area contributed by atoms with E-state index in [0.29, 0.717) is 18.8 Å². The van der Waals surface area contributed by atoms with Crippen LogP contribution in [-0.2, 0) is 4.79 Å². The molecular formula is C19H22FN5O3. The number of hydrogen-bond acceptors (Lipinski definition) is 5. The Kier molecular flexibility index (Phi) is 6.36. The Bertz CT molecular complexity index is 813. The third-order valence-electron chi connectivity index (χ3n) is 4.23. The van der Waals surface area contributed by atoms with Gasteiger partial charge in [0, 0.05) is 18.8 Å². The van der Waals surface area contributed by atoms with Gasteiger partial charge >= 0.3 is 6.03 Å². The van der Waals surface area contributed by atoms with Crippen LogP contribution in [0.1, 0.15) is 19.8 Å². The maximum Gasteiger partial charge on any atom is 0.322 e. The number of carbonyl (C=O) groups excluding carboxylic acids is 2. The topological polar surface area (TPSA) is 87.7 Å². The molecule has 0 unspecified atom stereocenters. The lowest BCUT2D eigenvalue weighted by Gasteiger charge is -2.32. The van der Waals surface area contributed by atoms with Gasteiger partial charge in [-0.2, -0.15) is 0 Å². The quantitative estimate of drug-likeness (QED) is 0.770. The van der Waals surface area contributed by atoms with E-state index in [4.69, 9.17) is 4.74 Å². The second kappa shape index (κ2) is 9.12. The summed E-state index contributed by atoms with van der Waals surface area (Å²) in [7, 11) is 0. The molecule has 1 N–H and O–H groups in total. The second-order valence-corrected chi connectivity index (χ2v) is 6.32. The summed E-state index contributed by atoms with van der Waals surface area (Å²) < 4.78 is 18.5. The number of halogens is 1. The molecule has 28 heavy (non-hydrogen) atoms. The number of urea groups is 1. The number of nitrogens with one attached hydrogen (secondary N) is 1. The Balaban J connectivity index is 1.53. The Morgan fingerprint density at radius 1 is 1.21 bits per heavy atom. The molecule has 1 aromatic carbocycles. The van der Waals surface area contributed by atoms with Crippen molar-refractivity contribution in [2.75, 3.05) is 36.5 Å². The van der Waals surface area contributed by atoms with E-state index < -0.39 is 5.82 Å². The van der Waals surface area contributed by atoms with Gasteiger partial charge in [0.1, 0.15) is 12.3 Å². The van der Waals surface area contributed by atoms with Crippen molar-refractivity contribution < 1.29 is 18.7 Å². The van der Waals surface area contributed by atoms with Gasteiger partial charge in [0.05, 0.1) is 19.0 Å². The molecule has 2 heterocycles. The molecule has 9 heteroatoms. The SMILES string of the molecule is CCCCOc1ccc(NC(=O)N2CCN(c3ncc(F)cn3)C(=O)C2)cc1. The zero-order chi connectivity index (χ0) is 19.9. The third kappa shape index (κ3) is 4.93. The second-order valence-electron chi connectivity index (χ2n) is 6.32. The largest absolute Gasteiger partial charge is 0.494 e. The molecule has 3 amide bonds. The zero-order valence-electron chi connectivity index (χ0n) is 15.6. The van der Waals surface area contributed by atoms with Crippen molar-refractivity contribution >= 4 is 23.6 Å². The van der Waals surface area contributed by atoms with Gasteiger partial charge in [0.15, 0.2) is 5.82 Å². The van der Waals surface area contributed by atoms with Crippen LogP contribution in [0.15, 0.2) is 36.7 Å². The van der Waals surface area contributed by atoms with Crippen molar-refractivity contribution in [2.45, 2.75) is 19.8 Å². The monoisotopic (exact) mass is 387 g/mol. The molecule has 0 aliphatic carbocycles. The summed E-state index contributed by atoms with van der Waals surface area (Å²) in [6, 6.07) is 6.72. The van der Waals surface area contributed by atoms with Crippen LogP contribution < -0.4 is 15.0 Å². The minimum Gasteiger partial charge on any atom is -0.494 e. The molecule has 1 saturated heterocycles. The minimum atomic E-state index is -0.573. The lowest BCUT2D eigenvalue weighted by atomic mass is 10.3. The van der Waals surface area contributed by atoms with E-state index in [-0.39, 0.29) is 31.0 Å². The van der Waals surface area contributed by atoms with Crippen molar-refractivity contribution in [1.29, 1.82) is 0 Å². The number of ether oxygens (including phenoxy) is 1. The Morgan fingerprint density at radius 2 is 1.93 bits per heavy atom. The van der Waals surface area contributed by atoms with E-state index in [1.807, 2.05) is 0 Å². The number of aromatic nitrogens is 2. The lowest BCUT2D eigenvalue weighted by Crippen LogP contribution is -2.53. The summed E-state index contributed by atoms with van der Waals surface area (Å²) in [6.07, 6.45) is 4.06. The lowest BCUT2D eigenvalue weighted by molar-refractivity contribution is -0.120. The molecule has 1 aliphatic heterocycles. The maximum absolute atomic E-state index is 12.9. The summed E-state index contributed by atoms with van der Waals surface area (Å²) in [5, 5.41) is 2.77. The number of piperazine rings is 1. The highest BCUT2D eigenvalue weighted by Crippen LogP contribution is 2.17. The fraction of sp³-hybridized carbons (Fsp3) is 0.368. The molecule has 148 valence electrons. The van der Waals surface area contributed by atoms with E-state index in [2.05, 4.69) is 22.2 Å². The molecule has 8 nitrogen and oxygen atoms in total. The van der Waals surface area contributed by atoms with Crippen LogP contribution in [0.4, 0.5) is 20.8 Å². The normalized spacial score (nSPS) is 14.1. The molecule has 0 atom stereocenters. The molecule has 1 aromatic heterocycles. The molecule has 2 aromatic rings. The summed E-state index contributed by atoms with van der Waals surface area (Å²) >= 11 is 0. The Morgan fingerprint density at radius 3 is 2.57 bits per heavy atom. The minimum absolute atomic E-state index is 0.106. The van der Waals surface area contributed by atoms with E-state index >= 15 is 0 Å². The first-order valence-corrected chi connectivity index (χ1v) is 9.13. The van der Waals surface area contributed by atoms with Gasteiger partial charge in [-0.3, -0.25) is 9.69 Å². The van der Waals surface area contributed by atoms with Gasteiger partial charge in [-0.15, -0.1) is 0 Å². The molecular weight excluding hydrogens is 365 g/mol. The van der Waals surface area contributed by atoms with Gasteiger partial charge in [-0.1, -0.05) is 13.3 Å². The van der Waals surface area contributed by atoms with Crippen LogP contribution >= 0.6 is 0 Å². The number of unbranched alkanes of at least 4 members (excludes halogenated alkanes) is 1. The van der Waals surface area contributed by atoms with Crippen molar-refractivity contribution in [3.05, 3.63) is 42.5 Å². The summed E-state index contributed by atoms with van der Waals surface area (Å²) in [5.74, 6) is -0.0247. The van der Waals surface area contributed by atoms with Gasteiger partial charge in [0.2, 0.25) is 11.9 Å². The number of nitrogens with zero attached hydrogens (tertiary/aromatic N) is 4. The summed E-state index contributed by atoms with van der Waals surface area (Å²) in [6.45, 7) is 3.20. The molecule has 3 rings (SSSR count). The molecule has 1 aliphatic rings. The first-order valence-electron chi connectivity index (χ1n) is 9.13. The predicted molar refractivity (Wildman–Crippen MR) is 102 cm³/mol. The number of rotatable bonds is 6. The number of hydrogen-bond donors (Lipinski definition) is 1. The van der Waals surface area contributed by atoms with Crippen molar-refractivity contribution in [3.8, 4) is 5.75 Å². The highest BCUT2D eigenvalue weighted by Gasteiger charge is 2.29. The van der Waals surface area contributed by atoms with Crippen LogP contribution in [0.5, 0.6) is 5.75 Å². The fourth-order valence-corrected chi connectivity index (χ4v) is 2.67. The smallest absolute Gasteiger partial charge is 0.322 e. The van der Waals surface area contributed by atoms with E-state index in [9.17, 15) is 14.0 Å². The summed E-state index contributed by atoms with van der Waals surface area (Å²) in [4.78, 5) is 35.1. The van der Waals surface area contributed by atoms with Crippen LogP contribution in [0.2, 0.25) is 0 Å². The van der Waals surface area contributed by atoms with E-state index in [1.165, 1.54) is 9.80 Å². The molecule has 0 radical (unpaired) electrons. The number of anilines is 2. The van der Waals surface area contributed by atoms with Gasteiger partial charge in [0.25, 0.3) is 0 Å².